The van der Waals surface area contributed by atoms with Crippen LogP contribution in [0.4, 0.5) is 0 Å². The molecule has 0 aliphatic heterocycles. The highest BCUT2D eigenvalue weighted by atomic mass is 16.3. The third-order valence-electron chi connectivity index (χ3n) is 2.98. The third-order valence-corrected chi connectivity index (χ3v) is 2.98. The van der Waals surface area contributed by atoms with E-state index in [1.54, 1.807) is 6.92 Å². The van der Waals surface area contributed by atoms with Crippen molar-refractivity contribution in [1.29, 1.82) is 0 Å². The second-order valence-electron chi connectivity index (χ2n) is 4.50. The maximum Gasteiger partial charge on any atom is 0.224 e. The molecule has 1 fully saturated rings. The number of hydrogen-bond donors (Lipinski definition) is 3. The van der Waals surface area contributed by atoms with Gasteiger partial charge in [-0.2, -0.15) is 0 Å². The monoisotopic (exact) mass is 214 g/mol. The van der Waals surface area contributed by atoms with Gasteiger partial charge in [0.1, 0.15) is 0 Å². The molecule has 1 aliphatic rings. The van der Waals surface area contributed by atoms with Crippen LogP contribution in [0, 0.1) is 5.92 Å². The first kappa shape index (κ1) is 12.5. The predicted octanol–water partition coefficient (Wildman–Crippen LogP) is 0.391. The number of nitrogens with one attached hydrogen (secondary N) is 1. The molecule has 88 valence electrons. The SMILES string of the molecule is C[C@@H](O)CNC(=O)C1CCCCCC1N. The molecule has 0 saturated heterocycles. The van der Waals surface area contributed by atoms with E-state index >= 15 is 0 Å². The molecule has 3 atom stereocenters. The van der Waals surface area contributed by atoms with Crippen LogP contribution >= 0.6 is 0 Å². The lowest BCUT2D eigenvalue weighted by Crippen LogP contribution is -2.43. The highest BCUT2D eigenvalue weighted by molar-refractivity contribution is 5.79. The van der Waals surface area contributed by atoms with Crippen LogP contribution in [0.25, 0.3) is 0 Å². The molecule has 0 radical (unpaired) electrons. The van der Waals surface area contributed by atoms with Crippen molar-refractivity contribution in [3.63, 3.8) is 0 Å². The van der Waals surface area contributed by atoms with Crippen molar-refractivity contribution in [2.45, 2.75) is 51.2 Å². The Morgan fingerprint density at radius 3 is 2.80 bits per heavy atom. The minimum atomic E-state index is -0.490. The largest absolute Gasteiger partial charge is 0.392 e. The van der Waals surface area contributed by atoms with E-state index in [4.69, 9.17) is 10.8 Å². The Kier molecular flexibility index (Phi) is 5.05. The second-order valence-corrected chi connectivity index (χ2v) is 4.50. The minimum Gasteiger partial charge on any atom is -0.392 e. The number of aliphatic hydroxyl groups excluding tert-OH is 1. The topological polar surface area (TPSA) is 75.3 Å². The number of aliphatic hydroxyl groups is 1. The van der Waals surface area contributed by atoms with Crippen LogP contribution in [-0.2, 0) is 4.79 Å². The van der Waals surface area contributed by atoms with Gasteiger partial charge in [-0.1, -0.05) is 19.3 Å². The lowest BCUT2D eigenvalue weighted by molar-refractivity contribution is -0.126. The van der Waals surface area contributed by atoms with Crippen LogP contribution in [0.3, 0.4) is 0 Å². The molecule has 0 aromatic rings. The van der Waals surface area contributed by atoms with Crippen LogP contribution in [-0.4, -0.2) is 29.7 Å². The van der Waals surface area contributed by atoms with E-state index in [0.717, 1.165) is 25.7 Å². The summed E-state index contributed by atoms with van der Waals surface area (Å²) in [6.45, 7) is 1.98. The molecule has 1 saturated carbocycles. The standard InChI is InChI=1S/C11H22N2O2/c1-8(14)7-13-11(15)9-5-3-2-4-6-10(9)12/h8-10,14H,2-7,12H2,1H3,(H,13,15)/t8-,9?,10?/m1/s1. The summed E-state index contributed by atoms with van der Waals surface area (Å²) in [7, 11) is 0. The van der Waals surface area contributed by atoms with Crippen molar-refractivity contribution in [2.24, 2.45) is 11.7 Å². The van der Waals surface area contributed by atoms with E-state index in [-0.39, 0.29) is 17.9 Å². The van der Waals surface area contributed by atoms with Gasteiger partial charge >= 0.3 is 0 Å². The van der Waals surface area contributed by atoms with Gasteiger partial charge in [0.2, 0.25) is 5.91 Å². The van der Waals surface area contributed by atoms with Crippen LogP contribution in [0.15, 0.2) is 0 Å². The number of amides is 1. The van der Waals surface area contributed by atoms with Gasteiger partial charge in [-0.3, -0.25) is 4.79 Å². The van der Waals surface area contributed by atoms with Crippen molar-refractivity contribution in [2.75, 3.05) is 6.54 Å². The summed E-state index contributed by atoms with van der Waals surface area (Å²) < 4.78 is 0. The molecule has 4 heteroatoms. The molecule has 0 heterocycles. The van der Waals surface area contributed by atoms with E-state index < -0.39 is 6.10 Å². The van der Waals surface area contributed by atoms with Gasteiger partial charge < -0.3 is 16.2 Å². The van der Waals surface area contributed by atoms with E-state index in [2.05, 4.69) is 5.32 Å². The van der Waals surface area contributed by atoms with Gasteiger partial charge in [0.25, 0.3) is 0 Å². The Labute approximate surface area is 91.2 Å². The van der Waals surface area contributed by atoms with Crippen LogP contribution in [0.5, 0.6) is 0 Å². The van der Waals surface area contributed by atoms with Crippen LogP contribution in [0.2, 0.25) is 0 Å². The lowest BCUT2D eigenvalue weighted by atomic mass is 9.94. The molecule has 15 heavy (non-hydrogen) atoms. The van der Waals surface area contributed by atoms with Gasteiger partial charge in [-0.15, -0.1) is 0 Å². The quantitative estimate of drug-likeness (QED) is 0.595. The fourth-order valence-corrected chi connectivity index (χ4v) is 2.04. The molecule has 0 aromatic carbocycles. The number of hydrogen-bond acceptors (Lipinski definition) is 3. The molecule has 0 aromatic heterocycles. The Morgan fingerprint density at radius 1 is 1.47 bits per heavy atom. The van der Waals surface area contributed by atoms with E-state index in [1.165, 1.54) is 6.42 Å². The molecule has 1 amide bonds. The van der Waals surface area contributed by atoms with Crippen molar-refractivity contribution in [1.82, 2.24) is 5.32 Å². The summed E-state index contributed by atoms with van der Waals surface area (Å²) in [5, 5.41) is 11.8. The maximum atomic E-state index is 11.8. The fourth-order valence-electron chi connectivity index (χ4n) is 2.04. The maximum absolute atomic E-state index is 11.8. The van der Waals surface area contributed by atoms with Crippen molar-refractivity contribution >= 4 is 5.91 Å². The zero-order valence-electron chi connectivity index (χ0n) is 9.41. The van der Waals surface area contributed by atoms with E-state index in [1.807, 2.05) is 0 Å². The molecule has 0 bridgehead atoms. The van der Waals surface area contributed by atoms with Crippen LogP contribution in [0.1, 0.15) is 39.0 Å². The van der Waals surface area contributed by atoms with Gasteiger partial charge in [-0.05, 0) is 19.8 Å². The molecule has 0 spiro atoms. The van der Waals surface area contributed by atoms with Gasteiger partial charge in [-0.25, -0.2) is 0 Å². The number of rotatable bonds is 3. The van der Waals surface area contributed by atoms with Gasteiger partial charge in [0, 0.05) is 12.6 Å². The smallest absolute Gasteiger partial charge is 0.224 e. The normalized spacial score (nSPS) is 29.3. The Hall–Kier alpha value is -0.610. The fraction of sp³-hybridized carbons (Fsp3) is 0.909. The first-order valence-corrected chi connectivity index (χ1v) is 5.82. The van der Waals surface area contributed by atoms with Crippen molar-refractivity contribution in [3.05, 3.63) is 0 Å². The average molecular weight is 214 g/mol. The van der Waals surface area contributed by atoms with Gasteiger partial charge in [0.15, 0.2) is 0 Å². The summed E-state index contributed by atoms with van der Waals surface area (Å²) in [6, 6.07) is -0.0125. The number of carbonyl (C=O) groups excluding carboxylic acids is 1. The lowest BCUT2D eigenvalue weighted by Gasteiger charge is -2.20. The second kappa shape index (κ2) is 6.08. The summed E-state index contributed by atoms with van der Waals surface area (Å²) in [5.41, 5.74) is 5.96. The molecular formula is C11H22N2O2. The number of nitrogens with two attached hydrogens (primary N) is 1. The summed E-state index contributed by atoms with van der Waals surface area (Å²) >= 11 is 0. The third kappa shape index (κ3) is 4.18. The molecule has 4 nitrogen and oxygen atoms in total. The van der Waals surface area contributed by atoms with E-state index in [0.29, 0.717) is 6.54 Å². The van der Waals surface area contributed by atoms with Crippen LogP contribution < -0.4 is 11.1 Å². The van der Waals surface area contributed by atoms with Crippen molar-refractivity contribution in [3.8, 4) is 0 Å². The Bertz CT molecular complexity index is 207. The molecule has 1 rings (SSSR count). The Balaban J connectivity index is 2.41. The highest BCUT2D eigenvalue weighted by Crippen LogP contribution is 2.22. The summed E-state index contributed by atoms with van der Waals surface area (Å²) in [6.07, 6.45) is 4.71. The Morgan fingerprint density at radius 2 is 2.13 bits per heavy atom. The first-order valence-electron chi connectivity index (χ1n) is 5.82. The highest BCUT2D eigenvalue weighted by Gasteiger charge is 2.26. The van der Waals surface area contributed by atoms with Crippen molar-refractivity contribution < 1.29 is 9.90 Å². The molecule has 2 unspecified atom stereocenters. The molecular weight excluding hydrogens is 192 g/mol. The zero-order chi connectivity index (χ0) is 11.3. The average Bonchev–Trinajstić information content (AvgIpc) is 2.39. The van der Waals surface area contributed by atoms with Gasteiger partial charge in [0.05, 0.1) is 12.0 Å². The minimum absolute atomic E-state index is 0.00491. The van der Waals surface area contributed by atoms with E-state index in [9.17, 15) is 4.79 Å². The zero-order valence-corrected chi connectivity index (χ0v) is 9.41. The molecule has 1 aliphatic carbocycles. The number of carbonyl (C=O) groups is 1. The first-order chi connectivity index (χ1) is 7.11. The molecule has 4 N–H and O–H groups in total. The predicted molar refractivity (Wildman–Crippen MR) is 59.2 cm³/mol. The summed E-state index contributed by atoms with van der Waals surface area (Å²) in [5.74, 6) is -0.0588. The summed E-state index contributed by atoms with van der Waals surface area (Å²) in [4.78, 5) is 11.8.